The molecule has 2 heterocycles. The summed E-state index contributed by atoms with van der Waals surface area (Å²) >= 11 is 6.16. The van der Waals surface area contributed by atoms with E-state index in [2.05, 4.69) is 20.5 Å². The van der Waals surface area contributed by atoms with Crippen molar-refractivity contribution in [2.75, 3.05) is 38.1 Å². The Balaban J connectivity index is 2.21. The highest BCUT2D eigenvalue weighted by atomic mass is 35.5. The van der Waals surface area contributed by atoms with E-state index in [1.54, 1.807) is 19.3 Å². The first kappa shape index (κ1) is 12.1. The summed E-state index contributed by atoms with van der Waals surface area (Å²) in [7, 11) is 1.58. The molecule has 1 saturated heterocycles. The number of aromatic nitrogens is 1. The molecule has 1 aliphatic rings. The van der Waals surface area contributed by atoms with Crippen molar-refractivity contribution in [2.24, 2.45) is 0 Å². The van der Waals surface area contributed by atoms with Gasteiger partial charge in [0.2, 0.25) is 0 Å². The summed E-state index contributed by atoms with van der Waals surface area (Å²) < 4.78 is 0. The van der Waals surface area contributed by atoms with Gasteiger partial charge in [0.25, 0.3) is 5.91 Å². The SMILES string of the molecule is CNC(=O)c1cnc(N2CCNCC2)c(Cl)c1. The van der Waals surface area contributed by atoms with Gasteiger partial charge in [-0.05, 0) is 6.07 Å². The van der Waals surface area contributed by atoms with Crippen LogP contribution in [0.4, 0.5) is 5.82 Å². The van der Waals surface area contributed by atoms with Crippen LogP contribution in [0.2, 0.25) is 5.02 Å². The minimum Gasteiger partial charge on any atom is -0.355 e. The molecule has 0 bridgehead atoms. The minimum absolute atomic E-state index is 0.175. The number of rotatable bonds is 2. The van der Waals surface area contributed by atoms with E-state index in [-0.39, 0.29) is 5.91 Å². The van der Waals surface area contributed by atoms with Crippen molar-refractivity contribution in [3.63, 3.8) is 0 Å². The van der Waals surface area contributed by atoms with Crippen LogP contribution >= 0.6 is 11.6 Å². The van der Waals surface area contributed by atoms with Gasteiger partial charge < -0.3 is 15.5 Å². The van der Waals surface area contributed by atoms with Gasteiger partial charge in [0.1, 0.15) is 5.82 Å². The Labute approximate surface area is 105 Å². The molecule has 1 amide bonds. The summed E-state index contributed by atoms with van der Waals surface area (Å²) in [4.78, 5) is 17.8. The Bertz CT molecular complexity index is 418. The monoisotopic (exact) mass is 254 g/mol. The van der Waals surface area contributed by atoms with Crippen LogP contribution in [0.3, 0.4) is 0 Å². The molecule has 1 aliphatic heterocycles. The number of carbonyl (C=O) groups excluding carboxylic acids is 1. The molecule has 6 heteroatoms. The van der Waals surface area contributed by atoms with Crippen molar-refractivity contribution >= 4 is 23.3 Å². The Hall–Kier alpha value is -1.33. The average Bonchev–Trinajstić information content (AvgIpc) is 2.38. The first-order valence-electron chi connectivity index (χ1n) is 5.55. The van der Waals surface area contributed by atoms with Gasteiger partial charge in [0.05, 0.1) is 10.6 Å². The van der Waals surface area contributed by atoms with Gasteiger partial charge in [0.15, 0.2) is 0 Å². The lowest BCUT2D eigenvalue weighted by Crippen LogP contribution is -2.44. The molecule has 0 aromatic carbocycles. The van der Waals surface area contributed by atoms with E-state index >= 15 is 0 Å². The molecule has 5 nitrogen and oxygen atoms in total. The summed E-state index contributed by atoms with van der Waals surface area (Å²) in [5, 5.41) is 6.33. The zero-order valence-electron chi connectivity index (χ0n) is 9.66. The van der Waals surface area contributed by atoms with E-state index in [9.17, 15) is 4.79 Å². The molecule has 1 aromatic rings. The number of nitrogens with zero attached hydrogens (tertiary/aromatic N) is 2. The van der Waals surface area contributed by atoms with Crippen molar-refractivity contribution in [1.29, 1.82) is 0 Å². The van der Waals surface area contributed by atoms with Crippen molar-refractivity contribution in [3.05, 3.63) is 22.8 Å². The normalized spacial score (nSPS) is 15.8. The number of pyridine rings is 1. The predicted octanol–water partition coefficient (Wildman–Crippen LogP) is 0.504. The minimum atomic E-state index is -0.175. The maximum Gasteiger partial charge on any atom is 0.252 e. The van der Waals surface area contributed by atoms with E-state index in [1.807, 2.05) is 0 Å². The zero-order valence-corrected chi connectivity index (χ0v) is 10.4. The first-order chi connectivity index (χ1) is 8.22. The van der Waals surface area contributed by atoms with Crippen molar-refractivity contribution in [3.8, 4) is 0 Å². The van der Waals surface area contributed by atoms with Gasteiger partial charge in [-0.15, -0.1) is 0 Å². The topological polar surface area (TPSA) is 57.3 Å². The molecule has 0 atom stereocenters. The van der Waals surface area contributed by atoms with Gasteiger partial charge in [0, 0.05) is 39.4 Å². The lowest BCUT2D eigenvalue weighted by Gasteiger charge is -2.29. The fourth-order valence-corrected chi connectivity index (χ4v) is 2.09. The van der Waals surface area contributed by atoms with E-state index in [0.29, 0.717) is 10.6 Å². The maximum atomic E-state index is 11.4. The highest BCUT2D eigenvalue weighted by molar-refractivity contribution is 6.33. The largest absolute Gasteiger partial charge is 0.355 e. The van der Waals surface area contributed by atoms with E-state index in [1.165, 1.54) is 0 Å². The van der Waals surface area contributed by atoms with Crippen molar-refractivity contribution < 1.29 is 4.79 Å². The highest BCUT2D eigenvalue weighted by Crippen LogP contribution is 2.24. The number of amides is 1. The Morgan fingerprint density at radius 2 is 2.24 bits per heavy atom. The second kappa shape index (κ2) is 5.33. The van der Waals surface area contributed by atoms with Crippen LogP contribution in [0.1, 0.15) is 10.4 Å². The highest BCUT2D eigenvalue weighted by Gasteiger charge is 2.16. The third-order valence-electron chi connectivity index (χ3n) is 2.73. The molecule has 0 saturated carbocycles. The molecule has 92 valence electrons. The number of nitrogens with one attached hydrogen (secondary N) is 2. The third kappa shape index (κ3) is 2.68. The Kier molecular flexibility index (Phi) is 3.81. The number of carbonyl (C=O) groups is 1. The van der Waals surface area contributed by atoms with Crippen LogP contribution in [-0.2, 0) is 0 Å². The van der Waals surface area contributed by atoms with Crippen LogP contribution in [0.15, 0.2) is 12.3 Å². The lowest BCUT2D eigenvalue weighted by molar-refractivity contribution is 0.0963. The van der Waals surface area contributed by atoms with E-state index in [4.69, 9.17) is 11.6 Å². The Morgan fingerprint density at radius 3 is 2.82 bits per heavy atom. The number of anilines is 1. The summed E-state index contributed by atoms with van der Waals surface area (Å²) in [5.74, 6) is 0.576. The fraction of sp³-hybridized carbons (Fsp3) is 0.455. The van der Waals surface area contributed by atoms with Gasteiger partial charge in [-0.2, -0.15) is 0 Å². The van der Waals surface area contributed by atoms with Gasteiger partial charge in [-0.25, -0.2) is 4.98 Å². The number of halogens is 1. The molecule has 17 heavy (non-hydrogen) atoms. The molecule has 0 radical (unpaired) electrons. The first-order valence-corrected chi connectivity index (χ1v) is 5.93. The summed E-state index contributed by atoms with van der Waals surface area (Å²) in [6.45, 7) is 3.61. The van der Waals surface area contributed by atoms with Crippen molar-refractivity contribution in [2.45, 2.75) is 0 Å². The van der Waals surface area contributed by atoms with E-state index < -0.39 is 0 Å². The third-order valence-corrected chi connectivity index (χ3v) is 3.01. The van der Waals surface area contributed by atoms with Crippen LogP contribution in [0.25, 0.3) is 0 Å². The molecule has 2 N–H and O–H groups in total. The predicted molar refractivity (Wildman–Crippen MR) is 67.7 cm³/mol. The molecular weight excluding hydrogens is 240 g/mol. The summed E-state index contributed by atoms with van der Waals surface area (Å²) in [5.41, 5.74) is 0.483. The van der Waals surface area contributed by atoms with Gasteiger partial charge in [-0.3, -0.25) is 4.79 Å². The second-order valence-corrected chi connectivity index (χ2v) is 4.25. The number of hydrogen-bond donors (Lipinski definition) is 2. The van der Waals surface area contributed by atoms with Crippen molar-refractivity contribution in [1.82, 2.24) is 15.6 Å². The number of piperazine rings is 1. The molecule has 1 aromatic heterocycles. The van der Waals surface area contributed by atoms with Gasteiger partial charge >= 0.3 is 0 Å². The molecule has 1 fully saturated rings. The second-order valence-electron chi connectivity index (χ2n) is 3.85. The number of hydrogen-bond acceptors (Lipinski definition) is 4. The van der Waals surface area contributed by atoms with Crippen LogP contribution in [0, 0.1) is 0 Å². The zero-order chi connectivity index (χ0) is 12.3. The molecular formula is C11H15ClN4O. The molecule has 0 unspecified atom stereocenters. The van der Waals surface area contributed by atoms with Crippen LogP contribution in [0.5, 0.6) is 0 Å². The molecule has 2 rings (SSSR count). The van der Waals surface area contributed by atoms with Gasteiger partial charge in [-0.1, -0.05) is 11.6 Å². The van der Waals surface area contributed by atoms with Crippen LogP contribution < -0.4 is 15.5 Å². The standard InChI is InChI=1S/C11H15ClN4O/c1-13-11(17)8-6-9(12)10(15-7-8)16-4-2-14-3-5-16/h6-7,14H,2-5H2,1H3,(H,13,17). The summed E-state index contributed by atoms with van der Waals surface area (Å²) in [6, 6.07) is 1.66. The molecule has 0 aliphatic carbocycles. The average molecular weight is 255 g/mol. The Morgan fingerprint density at radius 1 is 1.53 bits per heavy atom. The van der Waals surface area contributed by atoms with Crippen LogP contribution in [-0.4, -0.2) is 44.1 Å². The summed E-state index contributed by atoms with van der Waals surface area (Å²) in [6.07, 6.45) is 1.56. The molecule has 0 spiro atoms. The lowest BCUT2D eigenvalue weighted by atomic mass is 10.2. The van der Waals surface area contributed by atoms with E-state index in [0.717, 1.165) is 32.0 Å². The smallest absolute Gasteiger partial charge is 0.252 e. The quantitative estimate of drug-likeness (QED) is 0.807. The maximum absolute atomic E-state index is 11.4. The fourth-order valence-electron chi connectivity index (χ4n) is 1.81.